The lowest BCUT2D eigenvalue weighted by molar-refractivity contribution is -0.126. The SMILES string of the molecule is Cc1noc(C)c1Cn1nc2n(c1=O)CCC(C(=O)NC1CCCC1)CC2. The maximum Gasteiger partial charge on any atom is 0.346 e. The molecule has 27 heavy (non-hydrogen) atoms. The number of nitrogens with zero attached hydrogens (tertiary/aromatic N) is 4. The molecule has 4 rings (SSSR count). The number of carbonyl (C=O) groups excluding carboxylic acids is 1. The van der Waals surface area contributed by atoms with Crippen LogP contribution in [0.25, 0.3) is 0 Å². The van der Waals surface area contributed by atoms with Gasteiger partial charge in [-0.05, 0) is 39.5 Å². The Morgan fingerprint density at radius 3 is 2.70 bits per heavy atom. The minimum Gasteiger partial charge on any atom is -0.361 e. The molecule has 1 N–H and O–H groups in total. The molecule has 0 bridgehead atoms. The average molecular weight is 373 g/mol. The minimum absolute atomic E-state index is 0.0392. The van der Waals surface area contributed by atoms with Crippen molar-refractivity contribution in [1.29, 1.82) is 0 Å². The van der Waals surface area contributed by atoms with Gasteiger partial charge in [-0.15, -0.1) is 0 Å². The van der Waals surface area contributed by atoms with Crippen LogP contribution in [0, 0.1) is 19.8 Å². The van der Waals surface area contributed by atoms with Gasteiger partial charge in [0, 0.05) is 30.5 Å². The molecule has 1 aliphatic carbocycles. The van der Waals surface area contributed by atoms with Gasteiger partial charge in [-0.1, -0.05) is 18.0 Å². The molecule has 3 heterocycles. The highest BCUT2D eigenvalue weighted by Crippen LogP contribution is 2.22. The Morgan fingerprint density at radius 1 is 1.22 bits per heavy atom. The number of hydrogen-bond donors (Lipinski definition) is 1. The summed E-state index contributed by atoms with van der Waals surface area (Å²) in [5.41, 5.74) is 1.56. The standard InChI is InChI=1S/C19H27N5O3/c1-12-16(13(2)27-22-12)11-24-19(26)23-10-9-14(7-8-17(23)21-24)18(25)20-15-5-3-4-6-15/h14-15H,3-11H2,1-2H3,(H,20,25). The van der Waals surface area contributed by atoms with Crippen molar-refractivity contribution in [1.82, 2.24) is 24.8 Å². The zero-order valence-corrected chi connectivity index (χ0v) is 16.0. The molecule has 8 nitrogen and oxygen atoms in total. The van der Waals surface area contributed by atoms with E-state index in [4.69, 9.17) is 4.52 Å². The summed E-state index contributed by atoms with van der Waals surface area (Å²) in [6.07, 6.45) is 6.65. The van der Waals surface area contributed by atoms with E-state index in [9.17, 15) is 9.59 Å². The lowest BCUT2D eigenvalue weighted by atomic mass is 9.99. The molecular weight excluding hydrogens is 346 g/mol. The summed E-state index contributed by atoms with van der Waals surface area (Å²) in [6, 6.07) is 0.338. The van der Waals surface area contributed by atoms with Gasteiger partial charge in [0.25, 0.3) is 0 Å². The third kappa shape index (κ3) is 3.57. The number of amides is 1. The molecule has 8 heteroatoms. The van der Waals surface area contributed by atoms with E-state index >= 15 is 0 Å². The Labute approximate surface area is 157 Å². The van der Waals surface area contributed by atoms with Crippen LogP contribution in [-0.4, -0.2) is 31.5 Å². The van der Waals surface area contributed by atoms with E-state index < -0.39 is 0 Å². The molecule has 146 valence electrons. The third-order valence-corrected chi connectivity index (χ3v) is 5.98. The Balaban J connectivity index is 1.45. The molecule has 2 aromatic heterocycles. The highest BCUT2D eigenvalue weighted by Gasteiger charge is 2.27. The lowest BCUT2D eigenvalue weighted by Crippen LogP contribution is -2.37. The van der Waals surface area contributed by atoms with Crippen LogP contribution in [0.1, 0.15) is 61.4 Å². The Hall–Kier alpha value is -2.38. The topological polar surface area (TPSA) is 94.9 Å². The van der Waals surface area contributed by atoms with Gasteiger partial charge < -0.3 is 9.84 Å². The Kier molecular flexibility index (Phi) is 4.88. The summed E-state index contributed by atoms with van der Waals surface area (Å²) in [5.74, 6) is 1.58. The fraction of sp³-hybridized carbons (Fsp3) is 0.684. The monoisotopic (exact) mass is 373 g/mol. The summed E-state index contributed by atoms with van der Waals surface area (Å²) in [6.45, 7) is 4.62. The summed E-state index contributed by atoms with van der Waals surface area (Å²) in [5, 5.41) is 11.7. The van der Waals surface area contributed by atoms with Gasteiger partial charge >= 0.3 is 5.69 Å². The quantitative estimate of drug-likeness (QED) is 0.880. The summed E-state index contributed by atoms with van der Waals surface area (Å²) in [7, 11) is 0. The van der Waals surface area contributed by atoms with Crippen molar-refractivity contribution in [3.05, 3.63) is 33.3 Å². The molecule has 0 aromatic carbocycles. The molecule has 2 aliphatic rings. The zero-order valence-electron chi connectivity index (χ0n) is 16.0. The second-order valence-corrected chi connectivity index (χ2v) is 7.83. The number of hydrogen-bond acceptors (Lipinski definition) is 5. The van der Waals surface area contributed by atoms with Crippen molar-refractivity contribution in [2.45, 2.75) is 77.9 Å². The van der Waals surface area contributed by atoms with Crippen LogP contribution in [0.3, 0.4) is 0 Å². The van der Waals surface area contributed by atoms with E-state index in [2.05, 4.69) is 15.6 Å². The number of aryl methyl sites for hydroxylation is 3. The van der Waals surface area contributed by atoms with Crippen molar-refractivity contribution in [2.24, 2.45) is 5.92 Å². The van der Waals surface area contributed by atoms with Crippen molar-refractivity contribution in [3.8, 4) is 0 Å². The van der Waals surface area contributed by atoms with Gasteiger partial charge in [0.05, 0.1) is 12.2 Å². The largest absolute Gasteiger partial charge is 0.361 e. The van der Waals surface area contributed by atoms with Crippen molar-refractivity contribution in [3.63, 3.8) is 0 Å². The van der Waals surface area contributed by atoms with Crippen LogP contribution in [0.5, 0.6) is 0 Å². The predicted octanol–water partition coefficient (Wildman–Crippen LogP) is 1.71. The van der Waals surface area contributed by atoms with E-state index in [1.54, 1.807) is 4.57 Å². The molecular formula is C19H27N5O3. The van der Waals surface area contributed by atoms with Gasteiger partial charge in [0.15, 0.2) is 0 Å². The molecule has 1 amide bonds. The van der Waals surface area contributed by atoms with Crippen LogP contribution < -0.4 is 11.0 Å². The molecule has 0 radical (unpaired) electrons. The van der Waals surface area contributed by atoms with Crippen molar-refractivity contribution in [2.75, 3.05) is 0 Å². The second-order valence-electron chi connectivity index (χ2n) is 7.83. The van der Waals surface area contributed by atoms with Crippen LogP contribution in [0.4, 0.5) is 0 Å². The average Bonchev–Trinajstić information content (AvgIpc) is 3.29. The van der Waals surface area contributed by atoms with Gasteiger partial charge in [0.2, 0.25) is 5.91 Å². The fourth-order valence-corrected chi connectivity index (χ4v) is 4.26. The van der Waals surface area contributed by atoms with Gasteiger partial charge in [-0.25, -0.2) is 9.48 Å². The van der Waals surface area contributed by atoms with E-state index in [0.717, 1.165) is 36.3 Å². The van der Waals surface area contributed by atoms with Crippen LogP contribution in [0.15, 0.2) is 9.32 Å². The van der Waals surface area contributed by atoms with Crippen LogP contribution in [-0.2, 0) is 24.3 Å². The molecule has 1 fully saturated rings. The second kappa shape index (κ2) is 7.32. The van der Waals surface area contributed by atoms with E-state index in [1.165, 1.54) is 17.5 Å². The number of carbonyl (C=O) groups is 1. The minimum atomic E-state index is -0.123. The number of nitrogens with one attached hydrogen (secondary N) is 1. The van der Waals surface area contributed by atoms with Crippen molar-refractivity contribution < 1.29 is 9.32 Å². The lowest BCUT2D eigenvalue weighted by Gasteiger charge is -2.18. The first-order valence-electron chi connectivity index (χ1n) is 9.91. The molecule has 1 unspecified atom stereocenters. The third-order valence-electron chi connectivity index (χ3n) is 5.98. The smallest absolute Gasteiger partial charge is 0.346 e. The highest BCUT2D eigenvalue weighted by molar-refractivity contribution is 5.79. The van der Waals surface area contributed by atoms with Crippen LogP contribution in [0.2, 0.25) is 0 Å². The van der Waals surface area contributed by atoms with E-state index in [1.807, 2.05) is 13.8 Å². The molecule has 2 aromatic rings. The predicted molar refractivity (Wildman–Crippen MR) is 98.4 cm³/mol. The fourth-order valence-electron chi connectivity index (χ4n) is 4.26. The zero-order chi connectivity index (χ0) is 19.0. The summed E-state index contributed by atoms with van der Waals surface area (Å²) < 4.78 is 8.39. The summed E-state index contributed by atoms with van der Waals surface area (Å²) in [4.78, 5) is 25.4. The van der Waals surface area contributed by atoms with Gasteiger partial charge in [0.1, 0.15) is 11.6 Å². The maximum absolute atomic E-state index is 12.8. The van der Waals surface area contributed by atoms with Gasteiger partial charge in [-0.2, -0.15) is 5.10 Å². The molecule has 0 spiro atoms. The van der Waals surface area contributed by atoms with Crippen LogP contribution >= 0.6 is 0 Å². The molecule has 1 saturated carbocycles. The molecule has 0 saturated heterocycles. The van der Waals surface area contributed by atoms with Crippen molar-refractivity contribution >= 4 is 5.91 Å². The highest BCUT2D eigenvalue weighted by atomic mass is 16.5. The summed E-state index contributed by atoms with van der Waals surface area (Å²) >= 11 is 0. The Bertz CT molecular complexity index is 868. The first-order valence-corrected chi connectivity index (χ1v) is 9.91. The maximum atomic E-state index is 12.8. The first kappa shape index (κ1) is 18.0. The van der Waals surface area contributed by atoms with E-state index in [-0.39, 0.29) is 17.5 Å². The normalized spacial score (nSPS) is 20.4. The first-order chi connectivity index (χ1) is 13.0. The molecule has 1 aliphatic heterocycles. The molecule has 1 atom stereocenters. The Morgan fingerprint density at radius 2 is 2.00 bits per heavy atom. The number of aromatic nitrogens is 4. The van der Waals surface area contributed by atoms with Gasteiger partial charge in [-0.3, -0.25) is 9.36 Å². The number of rotatable bonds is 4. The number of fused-ring (bicyclic) bond motifs is 1. The van der Waals surface area contributed by atoms with E-state index in [0.29, 0.717) is 37.7 Å².